The highest BCUT2D eigenvalue weighted by Gasteiger charge is 2.53. The zero-order valence-corrected chi connectivity index (χ0v) is 19.6. The molecule has 1 aromatic rings. The van der Waals surface area contributed by atoms with Crippen LogP contribution in [0.4, 0.5) is 0 Å². The molecule has 0 spiro atoms. The third-order valence-corrected chi connectivity index (χ3v) is 6.74. The molecule has 0 aliphatic carbocycles. The van der Waals surface area contributed by atoms with E-state index in [1.54, 1.807) is 6.92 Å². The van der Waals surface area contributed by atoms with Gasteiger partial charge in [0.25, 0.3) is 0 Å². The van der Waals surface area contributed by atoms with E-state index < -0.39 is 17.3 Å². The summed E-state index contributed by atoms with van der Waals surface area (Å²) in [7, 11) is 0. The second-order valence-electron chi connectivity index (χ2n) is 8.36. The summed E-state index contributed by atoms with van der Waals surface area (Å²) in [4.78, 5) is 25.2. The highest BCUT2D eigenvalue weighted by atomic mass is 32.2. The Morgan fingerprint density at radius 3 is 2.55 bits per heavy atom. The summed E-state index contributed by atoms with van der Waals surface area (Å²) in [6.45, 7) is 9.67. The monoisotopic (exact) mass is 452 g/mol. The van der Waals surface area contributed by atoms with Crippen molar-refractivity contribution in [2.75, 3.05) is 13.2 Å². The summed E-state index contributed by atoms with van der Waals surface area (Å²) in [5, 5.41) is 0. The second-order valence-corrected chi connectivity index (χ2v) is 9.53. The Morgan fingerprint density at radius 1 is 1.26 bits per heavy atom. The normalized spacial score (nSPS) is 30.7. The van der Waals surface area contributed by atoms with E-state index in [9.17, 15) is 9.59 Å². The van der Waals surface area contributed by atoms with Gasteiger partial charge >= 0.3 is 11.9 Å². The Bertz CT molecular complexity index is 754. The lowest BCUT2D eigenvalue weighted by atomic mass is 9.86. The molecule has 8 heteroatoms. The van der Waals surface area contributed by atoms with E-state index in [4.69, 9.17) is 23.7 Å². The molecular formula is C23H32O7S. The first-order valence-corrected chi connectivity index (χ1v) is 11.6. The van der Waals surface area contributed by atoms with Gasteiger partial charge in [0.1, 0.15) is 6.10 Å². The number of esters is 2. The molecular weight excluding hydrogens is 420 g/mol. The van der Waals surface area contributed by atoms with Crippen LogP contribution in [-0.2, 0) is 33.3 Å². The molecule has 7 nitrogen and oxygen atoms in total. The van der Waals surface area contributed by atoms with Crippen molar-refractivity contribution in [2.45, 2.75) is 75.5 Å². The van der Waals surface area contributed by atoms with Crippen LogP contribution in [-0.4, -0.2) is 54.7 Å². The lowest BCUT2D eigenvalue weighted by Crippen LogP contribution is -2.37. The molecule has 0 bridgehead atoms. The molecule has 0 amide bonds. The Labute approximate surface area is 188 Å². The molecule has 3 rings (SSSR count). The molecule has 2 heterocycles. The quantitative estimate of drug-likeness (QED) is 0.335. The van der Waals surface area contributed by atoms with Gasteiger partial charge in [-0.05, 0) is 38.8 Å². The van der Waals surface area contributed by atoms with Gasteiger partial charge in [0.15, 0.2) is 11.2 Å². The molecule has 0 saturated carbocycles. The van der Waals surface area contributed by atoms with Crippen molar-refractivity contribution in [3.63, 3.8) is 0 Å². The summed E-state index contributed by atoms with van der Waals surface area (Å²) in [6, 6.07) is 9.75. The molecule has 1 aromatic carbocycles. The van der Waals surface area contributed by atoms with E-state index in [1.807, 2.05) is 44.2 Å². The van der Waals surface area contributed by atoms with Crippen molar-refractivity contribution in [3.8, 4) is 0 Å². The molecule has 3 unspecified atom stereocenters. The molecule has 172 valence electrons. The van der Waals surface area contributed by atoms with E-state index in [2.05, 4.69) is 6.92 Å². The molecule has 0 aromatic heterocycles. The van der Waals surface area contributed by atoms with Gasteiger partial charge in [-0.3, -0.25) is 9.59 Å². The topological polar surface area (TPSA) is 80.3 Å². The number of carbonyl (C=O) groups is 2. The fraction of sp³-hybridized carbons (Fsp3) is 0.652. The van der Waals surface area contributed by atoms with E-state index in [0.717, 1.165) is 4.90 Å². The van der Waals surface area contributed by atoms with Crippen molar-refractivity contribution in [3.05, 3.63) is 30.3 Å². The van der Waals surface area contributed by atoms with Crippen LogP contribution in [0, 0.1) is 11.8 Å². The van der Waals surface area contributed by atoms with Crippen LogP contribution in [0.2, 0.25) is 0 Å². The minimum Gasteiger partial charge on any atom is -0.466 e. The average molecular weight is 453 g/mol. The minimum atomic E-state index is -0.684. The fourth-order valence-electron chi connectivity index (χ4n) is 4.25. The number of ether oxygens (including phenoxy) is 5. The van der Waals surface area contributed by atoms with E-state index in [1.165, 1.54) is 18.7 Å². The summed E-state index contributed by atoms with van der Waals surface area (Å²) in [5.41, 5.74) is -0.519. The third kappa shape index (κ3) is 6.22. The molecule has 2 fully saturated rings. The van der Waals surface area contributed by atoms with E-state index >= 15 is 0 Å². The van der Waals surface area contributed by atoms with Crippen molar-refractivity contribution in [1.29, 1.82) is 0 Å². The predicted molar refractivity (Wildman–Crippen MR) is 115 cm³/mol. The summed E-state index contributed by atoms with van der Waals surface area (Å²) in [6.07, 6.45) is -0.935. The van der Waals surface area contributed by atoms with Gasteiger partial charge < -0.3 is 23.7 Å². The lowest BCUT2D eigenvalue weighted by molar-refractivity contribution is -0.161. The van der Waals surface area contributed by atoms with Crippen LogP contribution in [0.3, 0.4) is 0 Å². The standard InChI is InChI=1S/C23H32O7S/c1-6-26-19(25)12-17-20(14(2)21(29-17)18-13-27-23(4,5)30-18)22(28-15(3)24)31-16-10-8-7-9-11-16/h7-11,14,17-18,20-22H,6,12-13H2,1-5H3/t14-,17?,18-,20-,21?,22?/m1/s1. The van der Waals surface area contributed by atoms with Crippen molar-refractivity contribution >= 4 is 23.7 Å². The minimum absolute atomic E-state index is 0.0394. The number of hydrogen-bond acceptors (Lipinski definition) is 8. The first-order valence-electron chi connectivity index (χ1n) is 10.7. The highest BCUT2D eigenvalue weighted by molar-refractivity contribution is 7.99. The van der Waals surface area contributed by atoms with Crippen LogP contribution < -0.4 is 0 Å². The second kappa shape index (κ2) is 10.3. The highest BCUT2D eigenvalue weighted by Crippen LogP contribution is 2.45. The third-order valence-electron chi connectivity index (χ3n) is 5.55. The van der Waals surface area contributed by atoms with Crippen LogP contribution in [0.15, 0.2) is 35.2 Å². The van der Waals surface area contributed by atoms with Crippen LogP contribution >= 0.6 is 11.8 Å². The Balaban J connectivity index is 1.86. The van der Waals surface area contributed by atoms with Crippen LogP contribution in [0.1, 0.15) is 41.0 Å². The van der Waals surface area contributed by atoms with Crippen molar-refractivity contribution in [1.82, 2.24) is 0 Å². The summed E-state index contributed by atoms with van der Waals surface area (Å²) < 4.78 is 29.1. The Hall–Kier alpha value is -1.61. The Kier molecular flexibility index (Phi) is 8.02. The van der Waals surface area contributed by atoms with Crippen molar-refractivity contribution in [2.24, 2.45) is 11.8 Å². The molecule has 0 N–H and O–H groups in total. The molecule has 31 heavy (non-hydrogen) atoms. The van der Waals surface area contributed by atoms with Crippen LogP contribution in [0.25, 0.3) is 0 Å². The van der Waals surface area contributed by atoms with Gasteiger partial charge in [0.2, 0.25) is 0 Å². The molecule has 2 aliphatic rings. The maximum Gasteiger partial charge on any atom is 0.308 e. The Morgan fingerprint density at radius 2 is 1.97 bits per heavy atom. The summed E-state index contributed by atoms with van der Waals surface area (Å²) >= 11 is 1.46. The molecule has 6 atom stereocenters. The summed E-state index contributed by atoms with van der Waals surface area (Å²) in [5.74, 6) is -1.66. The maximum atomic E-state index is 12.3. The van der Waals surface area contributed by atoms with Gasteiger partial charge in [-0.2, -0.15) is 0 Å². The number of benzene rings is 1. The zero-order chi connectivity index (χ0) is 22.6. The number of carbonyl (C=O) groups excluding carboxylic acids is 2. The SMILES string of the molecule is CCOC(=O)CC1OC([C@H]2COC(C)(C)O2)[C@H](C)[C@H]1C(OC(C)=O)Sc1ccccc1. The maximum absolute atomic E-state index is 12.3. The number of hydrogen-bond donors (Lipinski definition) is 0. The van der Waals surface area contributed by atoms with Crippen LogP contribution in [0.5, 0.6) is 0 Å². The molecule has 2 saturated heterocycles. The molecule has 0 radical (unpaired) electrons. The first-order chi connectivity index (χ1) is 14.7. The van der Waals surface area contributed by atoms with Gasteiger partial charge in [-0.15, -0.1) is 0 Å². The van der Waals surface area contributed by atoms with E-state index in [-0.39, 0.29) is 42.4 Å². The fourth-order valence-corrected chi connectivity index (χ4v) is 5.59. The number of rotatable bonds is 8. The first kappa shape index (κ1) is 24.0. The number of thioether (sulfide) groups is 1. The van der Waals surface area contributed by atoms with Gasteiger partial charge in [0.05, 0.1) is 31.8 Å². The average Bonchev–Trinajstić information content (AvgIpc) is 3.20. The van der Waals surface area contributed by atoms with Gasteiger partial charge in [-0.25, -0.2) is 0 Å². The van der Waals surface area contributed by atoms with Gasteiger partial charge in [-0.1, -0.05) is 36.9 Å². The largest absolute Gasteiger partial charge is 0.466 e. The van der Waals surface area contributed by atoms with Crippen molar-refractivity contribution < 1.29 is 33.3 Å². The smallest absolute Gasteiger partial charge is 0.308 e. The molecule has 2 aliphatic heterocycles. The van der Waals surface area contributed by atoms with E-state index in [0.29, 0.717) is 13.2 Å². The zero-order valence-electron chi connectivity index (χ0n) is 18.7. The van der Waals surface area contributed by atoms with Gasteiger partial charge in [0, 0.05) is 17.7 Å². The predicted octanol–water partition coefficient (Wildman–Crippen LogP) is 3.79. The lowest BCUT2D eigenvalue weighted by Gasteiger charge is -2.29.